The van der Waals surface area contributed by atoms with Gasteiger partial charge in [-0.3, -0.25) is 19.1 Å². The number of hydrogen-bond donors (Lipinski definition) is 4. The van der Waals surface area contributed by atoms with Crippen molar-refractivity contribution in [1.82, 2.24) is 14.9 Å². The number of nitrogens with zero attached hydrogens (tertiary/aromatic N) is 2. The first-order valence-electron chi connectivity index (χ1n) is 10.2. The van der Waals surface area contributed by atoms with Crippen molar-refractivity contribution in [2.45, 2.75) is 31.9 Å². The van der Waals surface area contributed by atoms with E-state index in [2.05, 4.69) is 15.6 Å². The number of aliphatic hydroxyl groups is 1. The fourth-order valence-electron chi connectivity index (χ4n) is 3.79. The van der Waals surface area contributed by atoms with E-state index in [9.17, 15) is 27.9 Å². The molecule has 0 bridgehead atoms. The average molecular weight is 462 g/mol. The van der Waals surface area contributed by atoms with Crippen LogP contribution < -0.4 is 16.2 Å². The van der Waals surface area contributed by atoms with Gasteiger partial charge in [-0.15, -0.1) is 0 Å². The summed E-state index contributed by atoms with van der Waals surface area (Å²) in [6.45, 7) is -0.766. The molecule has 1 aromatic carbocycles. The smallest absolute Gasteiger partial charge is 0.282 e. The molecule has 3 heterocycles. The van der Waals surface area contributed by atoms with Crippen LogP contribution in [-0.4, -0.2) is 50.8 Å². The van der Waals surface area contributed by atoms with Crippen LogP contribution >= 0.6 is 0 Å². The molecular formula is C22H21F3N4O4. The average Bonchev–Trinajstić information content (AvgIpc) is 2.91. The molecule has 2 aromatic heterocycles. The lowest BCUT2D eigenvalue weighted by molar-refractivity contribution is -0.000940. The van der Waals surface area contributed by atoms with Crippen molar-refractivity contribution in [2.24, 2.45) is 0 Å². The van der Waals surface area contributed by atoms with Gasteiger partial charge in [0.1, 0.15) is 16.9 Å². The number of carbonyl (C=O) groups is 1. The molecule has 3 aromatic rings. The molecular weight excluding hydrogens is 441 g/mol. The van der Waals surface area contributed by atoms with Gasteiger partial charge >= 0.3 is 0 Å². The third-order valence-corrected chi connectivity index (χ3v) is 5.42. The largest absolute Gasteiger partial charge is 0.505 e. The van der Waals surface area contributed by atoms with Crippen LogP contribution in [-0.2, 0) is 13.0 Å². The molecule has 33 heavy (non-hydrogen) atoms. The number of anilines is 1. The molecule has 1 aliphatic rings. The molecule has 0 saturated heterocycles. The molecule has 4 N–H and O–H groups in total. The lowest BCUT2D eigenvalue weighted by Gasteiger charge is -2.18. The van der Waals surface area contributed by atoms with Gasteiger partial charge < -0.3 is 20.8 Å². The van der Waals surface area contributed by atoms with E-state index in [0.717, 1.165) is 4.57 Å². The van der Waals surface area contributed by atoms with Gasteiger partial charge in [0.25, 0.3) is 17.4 Å². The normalized spacial score (nSPS) is 15.5. The van der Waals surface area contributed by atoms with Crippen molar-refractivity contribution in [3.63, 3.8) is 0 Å². The number of benzene rings is 1. The van der Waals surface area contributed by atoms with Gasteiger partial charge in [-0.1, -0.05) is 12.1 Å². The number of carbonyl (C=O) groups excluding carboxylic acids is 1. The standard InChI is InChI=1S/C22H21F3N4O4/c1-11(8-30)28-20(32)15-19(31)17-18-16(27-9-22(24,25)10-29(18)21(15)33)13(7-26-17)6-12-2-4-14(23)5-3-12/h2-5,7,11,27,30-31H,6,8-10H2,1H3,(H,28,32)/t11-/m0/s1. The topological polar surface area (TPSA) is 116 Å². The second-order valence-corrected chi connectivity index (χ2v) is 8.04. The Hall–Kier alpha value is -3.60. The number of amides is 1. The highest BCUT2D eigenvalue weighted by molar-refractivity contribution is 6.04. The zero-order valence-electron chi connectivity index (χ0n) is 17.5. The third-order valence-electron chi connectivity index (χ3n) is 5.42. The van der Waals surface area contributed by atoms with Crippen LogP contribution in [0.4, 0.5) is 18.9 Å². The maximum absolute atomic E-state index is 14.6. The monoisotopic (exact) mass is 462 g/mol. The van der Waals surface area contributed by atoms with Gasteiger partial charge in [-0.25, -0.2) is 13.2 Å². The van der Waals surface area contributed by atoms with Crippen LogP contribution in [0, 0.1) is 5.82 Å². The number of pyridine rings is 2. The number of alkyl halides is 2. The molecule has 1 atom stereocenters. The third kappa shape index (κ3) is 4.23. The summed E-state index contributed by atoms with van der Waals surface area (Å²) >= 11 is 0. The molecule has 1 aliphatic heterocycles. The Labute approximate surface area is 185 Å². The maximum Gasteiger partial charge on any atom is 0.282 e. The first-order valence-corrected chi connectivity index (χ1v) is 10.2. The summed E-state index contributed by atoms with van der Waals surface area (Å²) in [5, 5.41) is 24.9. The lowest BCUT2D eigenvalue weighted by atomic mass is 10.0. The zero-order chi connectivity index (χ0) is 23.9. The van der Waals surface area contributed by atoms with Crippen LogP contribution in [0.3, 0.4) is 0 Å². The number of nitrogens with one attached hydrogen (secondary N) is 2. The Bertz CT molecular complexity index is 1290. The molecule has 0 fully saturated rings. The van der Waals surface area contributed by atoms with Gasteiger partial charge in [0, 0.05) is 24.2 Å². The number of aromatic nitrogens is 2. The Morgan fingerprint density at radius 2 is 2.03 bits per heavy atom. The van der Waals surface area contributed by atoms with Crippen molar-refractivity contribution in [2.75, 3.05) is 18.5 Å². The summed E-state index contributed by atoms with van der Waals surface area (Å²) < 4.78 is 43.1. The van der Waals surface area contributed by atoms with E-state index in [1.54, 1.807) is 0 Å². The Kier molecular flexibility index (Phi) is 5.75. The zero-order valence-corrected chi connectivity index (χ0v) is 17.5. The predicted molar refractivity (Wildman–Crippen MR) is 114 cm³/mol. The minimum absolute atomic E-state index is 0.0546. The van der Waals surface area contributed by atoms with E-state index in [-0.39, 0.29) is 23.1 Å². The number of hydrogen-bond acceptors (Lipinski definition) is 6. The first-order chi connectivity index (χ1) is 15.6. The second kappa shape index (κ2) is 8.39. The molecule has 0 saturated carbocycles. The fraction of sp³-hybridized carbons (Fsp3) is 0.318. The Morgan fingerprint density at radius 1 is 1.33 bits per heavy atom. The van der Waals surface area contributed by atoms with E-state index in [4.69, 9.17) is 5.11 Å². The fourth-order valence-corrected chi connectivity index (χ4v) is 3.79. The highest BCUT2D eigenvalue weighted by atomic mass is 19.3. The van der Waals surface area contributed by atoms with Gasteiger partial charge in [0.2, 0.25) is 0 Å². The van der Waals surface area contributed by atoms with Crippen LogP contribution in [0.15, 0.2) is 35.3 Å². The number of aliphatic hydroxyl groups excluding tert-OH is 1. The van der Waals surface area contributed by atoms with Gasteiger partial charge in [-0.2, -0.15) is 0 Å². The van der Waals surface area contributed by atoms with Gasteiger partial charge in [-0.05, 0) is 24.6 Å². The highest BCUT2D eigenvalue weighted by Crippen LogP contribution is 2.36. The first kappa shape index (κ1) is 22.6. The van der Waals surface area contributed by atoms with Crippen LogP contribution in [0.1, 0.15) is 28.4 Å². The van der Waals surface area contributed by atoms with Crippen molar-refractivity contribution < 1.29 is 28.2 Å². The minimum atomic E-state index is -3.34. The van der Waals surface area contributed by atoms with E-state index in [1.807, 2.05) is 0 Å². The molecule has 1 amide bonds. The predicted octanol–water partition coefficient (Wildman–Crippen LogP) is 2.00. The lowest BCUT2D eigenvalue weighted by Crippen LogP contribution is -2.41. The van der Waals surface area contributed by atoms with Crippen LogP contribution in [0.2, 0.25) is 0 Å². The quantitative estimate of drug-likeness (QED) is 0.461. The van der Waals surface area contributed by atoms with E-state index >= 15 is 0 Å². The SMILES string of the molecule is C[C@@H](CO)NC(=O)c1c(O)c2ncc(Cc3ccc(F)cc3)c3c2n(c1=O)CC(F)(F)CN3. The molecule has 174 valence electrons. The summed E-state index contributed by atoms with van der Waals surface area (Å²) in [5.74, 6) is -5.52. The maximum atomic E-state index is 14.6. The van der Waals surface area contributed by atoms with Crippen LogP contribution in [0.25, 0.3) is 11.0 Å². The summed E-state index contributed by atoms with van der Waals surface area (Å²) in [6.07, 6.45) is 1.55. The molecule has 0 unspecified atom stereocenters. The number of halogens is 3. The van der Waals surface area contributed by atoms with Gasteiger partial charge in [0.15, 0.2) is 5.75 Å². The number of aromatic hydroxyl groups is 1. The summed E-state index contributed by atoms with van der Waals surface area (Å²) in [7, 11) is 0. The second-order valence-electron chi connectivity index (χ2n) is 8.04. The van der Waals surface area contributed by atoms with E-state index in [1.165, 1.54) is 37.4 Å². The van der Waals surface area contributed by atoms with Gasteiger partial charge in [0.05, 0.1) is 30.9 Å². The van der Waals surface area contributed by atoms with Crippen molar-refractivity contribution in [3.8, 4) is 5.75 Å². The molecule has 0 aliphatic carbocycles. The highest BCUT2D eigenvalue weighted by Gasteiger charge is 2.37. The van der Waals surface area contributed by atoms with Crippen LogP contribution in [0.5, 0.6) is 5.75 Å². The Morgan fingerprint density at radius 3 is 2.70 bits per heavy atom. The Balaban J connectivity index is 1.93. The summed E-state index contributed by atoms with van der Waals surface area (Å²) in [5.41, 5.74) is -0.785. The number of rotatable bonds is 5. The molecule has 4 rings (SSSR count). The van der Waals surface area contributed by atoms with E-state index in [0.29, 0.717) is 11.1 Å². The molecule has 0 spiro atoms. The van der Waals surface area contributed by atoms with E-state index < -0.39 is 60.3 Å². The van der Waals surface area contributed by atoms with Crippen molar-refractivity contribution in [3.05, 3.63) is 63.3 Å². The molecule has 11 heteroatoms. The molecule has 0 radical (unpaired) electrons. The van der Waals surface area contributed by atoms with Crippen molar-refractivity contribution >= 4 is 22.6 Å². The van der Waals surface area contributed by atoms with Crippen molar-refractivity contribution in [1.29, 1.82) is 0 Å². The summed E-state index contributed by atoms with van der Waals surface area (Å²) in [6, 6.07) is 4.88. The minimum Gasteiger partial charge on any atom is -0.505 e. The summed E-state index contributed by atoms with van der Waals surface area (Å²) in [4.78, 5) is 29.9. The molecule has 8 nitrogen and oxygen atoms in total.